The Bertz CT molecular complexity index is 979. The van der Waals surface area contributed by atoms with Crippen molar-refractivity contribution in [3.05, 3.63) is 35.4 Å². The zero-order valence-corrected chi connectivity index (χ0v) is 20.7. The van der Waals surface area contributed by atoms with Gasteiger partial charge in [0.25, 0.3) is 0 Å². The van der Waals surface area contributed by atoms with Crippen molar-refractivity contribution in [2.75, 3.05) is 7.11 Å². The minimum atomic E-state index is -0.565. The fourth-order valence-electron chi connectivity index (χ4n) is 6.19. The van der Waals surface area contributed by atoms with E-state index in [-0.39, 0.29) is 27.9 Å². The SMILES string of the molecule is C=C1CCC[C@H]2[C@](C)(Cc3cc(C(=O)OC)cc(OC(C)=O)c3OC(C)=O)[C@@H](C)CC[C@]12C. The van der Waals surface area contributed by atoms with Crippen molar-refractivity contribution in [2.45, 2.75) is 73.1 Å². The molecule has 2 aliphatic carbocycles. The Labute approximate surface area is 196 Å². The molecule has 2 aliphatic rings. The number of fused-ring (bicyclic) bond motifs is 1. The molecule has 0 radical (unpaired) electrons. The Hall–Kier alpha value is -2.63. The molecule has 0 aromatic heterocycles. The van der Waals surface area contributed by atoms with Gasteiger partial charge in [-0.1, -0.05) is 32.9 Å². The molecule has 0 spiro atoms. The molecule has 0 unspecified atom stereocenters. The van der Waals surface area contributed by atoms with Crippen LogP contribution in [-0.2, 0) is 20.7 Å². The molecular weight excluding hydrogens is 420 g/mol. The molecular formula is C27H36O6. The van der Waals surface area contributed by atoms with Crippen LogP contribution in [0, 0.1) is 22.7 Å². The molecule has 1 aromatic rings. The summed E-state index contributed by atoms with van der Waals surface area (Å²) < 4.78 is 15.9. The van der Waals surface area contributed by atoms with E-state index in [1.54, 1.807) is 6.07 Å². The lowest BCUT2D eigenvalue weighted by molar-refractivity contribution is -0.134. The summed E-state index contributed by atoms with van der Waals surface area (Å²) in [7, 11) is 1.30. The van der Waals surface area contributed by atoms with E-state index in [2.05, 4.69) is 27.4 Å². The number of benzene rings is 1. The van der Waals surface area contributed by atoms with Gasteiger partial charge in [0.15, 0.2) is 11.5 Å². The van der Waals surface area contributed by atoms with Gasteiger partial charge in [-0.15, -0.1) is 0 Å². The van der Waals surface area contributed by atoms with E-state index in [0.717, 1.165) is 32.1 Å². The van der Waals surface area contributed by atoms with E-state index in [9.17, 15) is 14.4 Å². The molecule has 3 rings (SSSR count). The average molecular weight is 457 g/mol. The molecule has 0 heterocycles. The maximum Gasteiger partial charge on any atom is 0.337 e. The topological polar surface area (TPSA) is 78.9 Å². The molecule has 2 saturated carbocycles. The molecule has 0 N–H and O–H groups in total. The van der Waals surface area contributed by atoms with E-state index in [0.29, 0.717) is 23.8 Å². The summed E-state index contributed by atoms with van der Waals surface area (Å²) in [6.07, 6.45) is 6.03. The minimum absolute atomic E-state index is 0.0541. The normalized spacial score (nSPS) is 29.1. The van der Waals surface area contributed by atoms with Crippen molar-refractivity contribution in [1.82, 2.24) is 0 Å². The maximum absolute atomic E-state index is 12.4. The fraction of sp³-hybridized carbons (Fsp3) is 0.593. The highest BCUT2D eigenvalue weighted by molar-refractivity contribution is 5.91. The smallest absolute Gasteiger partial charge is 0.337 e. The van der Waals surface area contributed by atoms with Gasteiger partial charge in [0.05, 0.1) is 12.7 Å². The summed E-state index contributed by atoms with van der Waals surface area (Å²) in [5.41, 5.74) is 2.16. The molecule has 4 atom stereocenters. The second-order valence-corrected chi connectivity index (χ2v) is 10.2. The second-order valence-electron chi connectivity index (χ2n) is 10.2. The zero-order valence-electron chi connectivity index (χ0n) is 20.7. The van der Waals surface area contributed by atoms with Crippen molar-refractivity contribution in [3.8, 4) is 11.5 Å². The molecule has 2 fully saturated rings. The highest BCUT2D eigenvalue weighted by atomic mass is 16.6. The number of ether oxygens (including phenoxy) is 3. The van der Waals surface area contributed by atoms with Crippen LogP contribution in [0.25, 0.3) is 0 Å². The lowest BCUT2D eigenvalue weighted by Crippen LogP contribution is -2.51. The van der Waals surface area contributed by atoms with Gasteiger partial charge in [-0.2, -0.15) is 0 Å². The summed E-state index contributed by atoms with van der Waals surface area (Å²) in [6.45, 7) is 13.9. The first-order valence-corrected chi connectivity index (χ1v) is 11.7. The quantitative estimate of drug-likeness (QED) is 0.323. The van der Waals surface area contributed by atoms with Gasteiger partial charge >= 0.3 is 17.9 Å². The Morgan fingerprint density at radius 2 is 1.76 bits per heavy atom. The van der Waals surface area contributed by atoms with Crippen LogP contribution in [0.15, 0.2) is 24.3 Å². The van der Waals surface area contributed by atoms with Gasteiger partial charge in [-0.25, -0.2) is 4.79 Å². The van der Waals surface area contributed by atoms with E-state index in [1.807, 2.05) is 0 Å². The molecule has 0 bridgehead atoms. The first kappa shape index (κ1) is 25.0. The van der Waals surface area contributed by atoms with Crippen LogP contribution in [0.3, 0.4) is 0 Å². The molecule has 6 heteroatoms. The number of carbonyl (C=O) groups excluding carboxylic acids is 3. The molecule has 0 aliphatic heterocycles. The van der Waals surface area contributed by atoms with Crippen LogP contribution in [0.2, 0.25) is 0 Å². The van der Waals surface area contributed by atoms with Gasteiger partial charge in [0.1, 0.15) is 0 Å². The number of hydrogen-bond donors (Lipinski definition) is 0. The number of allylic oxidation sites excluding steroid dienone is 1. The maximum atomic E-state index is 12.4. The van der Waals surface area contributed by atoms with E-state index >= 15 is 0 Å². The highest BCUT2D eigenvalue weighted by Crippen LogP contribution is 2.62. The molecule has 6 nitrogen and oxygen atoms in total. The van der Waals surface area contributed by atoms with Gasteiger partial charge < -0.3 is 14.2 Å². The van der Waals surface area contributed by atoms with Crippen LogP contribution < -0.4 is 9.47 Å². The Morgan fingerprint density at radius 1 is 1.09 bits per heavy atom. The number of rotatable bonds is 5. The van der Waals surface area contributed by atoms with E-state index in [4.69, 9.17) is 14.2 Å². The van der Waals surface area contributed by atoms with Crippen LogP contribution in [0.5, 0.6) is 11.5 Å². The fourth-order valence-corrected chi connectivity index (χ4v) is 6.19. The summed E-state index contributed by atoms with van der Waals surface area (Å²) in [6, 6.07) is 3.10. The minimum Gasteiger partial charge on any atom is -0.465 e. The van der Waals surface area contributed by atoms with Gasteiger partial charge in [-0.3, -0.25) is 9.59 Å². The Balaban J connectivity index is 2.16. The Kier molecular flexibility index (Phi) is 7.06. The largest absolute Gasteiger partial charge is 0.465 e. The lowest BCUT2D eigenvalue weighted by atomic mass is 9.46. The van der Waals surface area contributed by atoms with Gasteiger partial charge in [0.2, 0.25) is 0 Å². The van der Waals surface area contributed by atoms with Crippen LogP contribution in [-0.4, -0.2) is 25.0 Å². The third-order valence-electron chi connectivity index (χ3n) is 8.19. The van der Waals surface area contributed by atoms with Crippen LogP contribution >= 0.6 is 0 Å². The number of carbonyl (C=O) groups is 3. The lowest BCUT2D eigenvalue weighted by Gasteiger charge is -2.59. The third kappa shape index (κ3) is 4.71. The van der Waals surface area contributed by atoms with Crippen molar-refractivity contribution in [2.24, 2.45) is 22.7 Å². The van der Waals surface area contributed by atoms with Crippen molar-refractivity contribution >= 4 is 17.9 Å². The van der Waals surface area contributed by atoms with Crippen LogP contribution in [0.1, 0.15) is 82.6 Å². The van der Waals surface area contributed by atoms with Crippen molar-refractivity contribution in [1.29, 1.82) is 0 Å². The summed E-state index contributed by atoms with van der Waals surface area (Å²) in [5, 5.41) is 0. The summed E-state index contributed by atoms with van der Waals surface area (Å²) >= 11 is 0. The van der Waals surface area contributed by atoms with Crippen molar-refractivity contribution < 1.29 is 28.6 Å². The monoisotopic (exact) mass is 456 g/mol. The third-order valence-corrected chi connectivity index (χ3v) is 8.19. The predicted molar refractivity (Wildman–Crippen MR) is 125 cm³/mol. The van der Waals surface area contributed by atoms with Crippen LogP contribution in [0.4, 0.5) is 0 Å². The van der Waals surface area contributed by atoms with Crippen molar-refractivity contribution in [3.63, 3.8) is 0 Å². The number of hydrogen-bond acceptors (Lipinski definition) is 6. The molecule has 0 saturated heterocycles. The standard InChI is InChI=1S/C27H36O6/c1-16-9-8-10-23-26(16,5)12-11-17(2)27(23,6)15-21-13-20(25(30)31-7)14-22(32-18(3)28)24(21)33-19(4)29/h13-14,17,23H,1,8-12,15H2,2-7H3/t17-,23+,26+,27+/m0/s1. The Morgan fingerprint density at radius 3 is 2.36 bits per heavy atom. The van der Waals surface area contributed by atoms with E-state index < -0.39 is 17.9 Å². The average Bonchev–Trinajstić information content (AvgIpc) is 2.73. The van der Waals surface area contributed by atoms with Gasteiger partial charge in [0, 0.05) is 19.4 Å². The summed E-state index contributed by atoms with van der Waals surface area (Å²) in [5.74, 6) is -0.571. The molecule has 33 heavy (non-hydrogen) atoms. The van der Waals surface area contributed by atoms with E-state index in [1.165, 1.54) is 32.6 Å². The summed E-state index contributed by atoms with van der Waals surface area (Å²) in [4.78, 5) is 36.2. The number of methoxy groups -OCH3 is 1. The zero-order chi connectivity index (χ0) is 24.6. The predicted octanol–water partition coefficient (Wildman–Crippen LogP) is 5.67. The number of esters is 3. The first-order chi connectivity index (χ1) is 15.4. The molecule has 0 amide bonds. The second kappa shape index (κ2) is 9.32. The molecule has 1 aromatic carbocycles. The first-order valence-electron chi connectivity index (χ1n) is 11.7. The highest BCUT2D eigenvalue weighted by Gasteiger charge is 2.54. The molecule has 180 valence electrons. The van der Waals surface area contributed by atoms with Gasteiger partial charge in [-0.05, 0) is 73.3 Å².